The first kappa shape index (κ1) is 10.3. The number of carbonyl (C=O) groups is 1. The van der Waals surface area contributed by atoms with Gasteiger partial charge in [0.05, 0.1) is 18.6 Å². The van der Waals surface area contributed by atoms with Gasteiger partial charge in [-0.2, -0.15) is 5.10 Å². The number of nitrogens with one attached hydrogen (secondary N) is 2. The maximum absolute atomic E-state index is 11.7. The largest absolute Gasteiger partial charge is 0.349 e. The molecule has 7 heteroatoms. The average Bonchev–Trinajstić information content (AvgIpc) is 2.96. The molecule has 0 aliphatic heterocycles. The van der Waals surface area contributed by atoms with Crippen molar-refractivity contribution in [3.63, 3.8) is 0 Å². The third kappa shape index (κ3) is 2.25. The second kappa shape index (κ2) is 4.56. The highest BCUT2D eigenvalue weighted by Gasteiger charge is 2.14. The summed E-state index contributed by atoms with van der Waals surface area (Å²) in [6.45, 7) is 2.19. The highest BCUT2D eigenvalue weighted by atomic mass is 16.2. The Hall–Kier alpha value is -2.18. The Kier molecular flexibility index (Phi) is 2.95. The first-order valence-corrected chi connectivity index (χ1v) is 4.86. The molecule has 7 nitrogen and oxygen atoms in total. The van der Waals surface area contributed by atoms with E-state index in [9.17, 15) is 4.79 Å². The van der Waals surface area contributed by atoms with Crippen LogP contribution in [-0.4, -0.2) is 30.6 Å². The molecule has 2 rings (SSSR count). The van der Waals surface area contributed by atoms with Crippen molar-refractivity contribution in [2.45, 2.75) is 19.5 Å². The number of H-pyrrole nitrogens is 1. The second-order valence-electron chi connectivity index (χ2n) is 3.35. The standard InChI is InChI=1S/C9H12N6O/c1-7(15-6-11-5-14-15)9(16)12-3-8-2-10-4-13-8/h2,4-7H,3H2,1H3,(H,10,13)(H,12,16). The minimum Gasteiger partial charge on any atom is -0.349 e. The number of hydrogen-bond donors (Lipinski definition) is 2. The number of aromatic amines is 1. The summed E-state index contributed by atoms with van der Waals surface area (Å²) in [5.41, 5.74) is 0.860. The summed E-state index contributed by atoms with van der Waals surface area (Å²) < 4.78 is 1.50. The van der Waals surface area contributed by atoms with Crippen LogP contribution in [0, 0.1) is 0 Å². The monoisotopic (exact) mass is 220 g/mol. The van der Waals surface area contributed by atoms with Crippen molar-refractivity contribution in [1.82, 2.24) is 30.0 Å². The second-order valence-corrected chi connectivity index (χ2v) is 3.35. The predicted octanol–water partition coefficient (Wildman–Crippen LogP) is -0.121. The van der Waals surface area contributed by atoms with Crippen molar-refractivity contribution in [3.8, 4) is 0 Å². The van der Waals surface area contributed by atoms with E-state index in [-0.39, 0.29) is 11.9 Å². The number of imidazole rings is 1. The van der Waals surface area contributed by atoms with Crippen LogP contribution in [0.2, 0.25) is 0 Å². The molecule has 0 saturated heterocycles. The Morgan fingerprint density at radius 3 is 3.12 bits per heavy atom. The number of nitrogens with zero attached hydrogens (tertiary/aromatic N) is 4. The van der Waals surface area contributed by atoms with Gasteiger partial charge in [-0.05, 0) is 6.92 Å². The lowest BCUT2D eigenvalue weighted by molar-refractivity contribution is -0.124. The third-order valence-electron chi connectivity index (χ3n) is 2.22. The molecule has 16 heavy (non-hydrogen) atoms. The number of amides is 1. The van der Waals surface area contributed by atoms with Crippen molar-refractivity contribution in [1.29, 1.82) is 0 Å². The molecule has 0 bridgehead atoms. The summed E-state index contributed by atoms with van der Waals surface area (Å²) in [7, 11) is 0. The number of aromatic nitrogens is 5. The van der Waals surface area contributed by atoms with Gasteiger partial charge < -0.3 is 10.3 Å². The fraction of sp³-hybridized carbons (Fsp3) is 0.333. The van der Waals surface area contributed by atoms with E-state index in [1.165, 1.54) is 17.3 Å². The van der Waals surface area contributed by atoms with Gasteiger partial charge in [0.15, 0.2) is 0 Å². The first-order valence-electron chi connectivity index (χ1n) is 4.86. The minimum absolute atomic E-state index is 0.111. The maximum atomic E-state index is 11.7. The molecule has 0 fully saturated rings. The van der Waals surface area contributed by atoms with Crippen molar-refractivity contribution in [3.05, 3.63) is 30.9 Å². The fourth-order valence-electron chi connectivity index (χ4n) is 1.25. The summed E-state index contributed by atoms with van der Waals surface area (Å²) in [5, 5.41) is 6.68. The Morgan fingerprint density at radius 1 is 1.62 bits per heavy atom. The summed E-state index contributed by atoms with van der Waals surface area (Å²) in [5.74, 6) is -0.111. The van der Waals surface area contributed by atoms with Crippen LogP contribution in [0.15, 0.2) is 25.2 Å². The lowest BCUT2D eigenvalue weighted by atomic mass is 10.3. The average molecular weight is 220 g/mol. The number of hydrogen-bond acceptors (Lipinski definition) is 4. The van der Waals surface area contributed by atoms with Crippen LogP contribution in [0.5, 0.6) is 0 Å². The molecule has 1 atom stereocenters. The zero-order valence-electron chi connectivity index (χ0n) is 8.79. The van der Waals surface area contributed by atoms with E-state index in [4.69, 9.17) is 0 Å². The first-order chi connectivity index (χ1) is 7.77. The maximum Gasteiger partial charge on any atom is 0.244 e. The smallest absolute Gasteiger partial charge is 0.244 e. The zero-order valence-corrected chi connectivity index (χ0v) is 8.79. The van der Waals surface area contributed by atoms with Crippen molar-refractivity contribution in [2.75, 3.05) is 0 Å². The summed E-state index contributed by atoms with van der Waals surface area (Å²) >= 11 is 0. The molecule has 1 unspecified atom stereocenters. The van der Waals surface area contributed by atoms with Crippen LogP contribution in [-0.2, 0) is 11.3 Å². The van der Waals surface area contributed by atoms with Gasteiger partial charge in [-0.15, -0.1) is 0 Å². The summed E-state index contributed by atoms with van der Waals surface area (Å²) in [6, 6.07) is -0.370. The number of carbonyl (C=O) groups excluding carboxylic acids is 1. The van der Waals surface area contributed by atoms with Crippen molar-refractivity contribution in [2.24, 2.45) is 0 Å². The molecular formula is C9H12N6O. The molecule has 0 aromatic carbocycles. The van der Waals surface area contributed by atoms with Crippen molar-refractivity contribution < 1.29 is 4.79 Å². The third-order valence-corrected chi connectivity index (χ3v) is 2.22. The van der Waals surface area contributed by atoms with Gasteiger partial charge in [-0.1, -0.05) is 0 Å². The Balaban J connectivity index is 1.89. The Bertz CT molecular complexity index is 435. The molecular weight excluding hydrogens is 208 g/mol. The van der Waals surface area contributed by atoms with Gasteiger partial charge in [0, 0.05) is 6.20 Å². The summed E-state index contributed by atoms with van der Waals surface area (Å²) in [4.78, 5) is 22.3. The lowest BCUT2D eigenvalue weighted by Gasteiger charge is -2.11. The minimum atomic E-state index is -0.370. The van der Waals surface area contributed by atoms with Gasteiger partial charge in [0.2, 0.25) is 5.91 Å². The van der Waals surface area contributed by atoms with Crippen LogP contribution in [0.4, 0.5) is 0 Å². The fourth-order valence-corrected chi connectivity index (χ4v) is 1.25. The topological polar surface area (TPSA) is 88.5 Å². The molecule has 0 aliphatic carbocycles. The molecule has 2 aromatic rings. The number of rotatable bonds is 4. The van der Waals surface area contributed by atoms with Gasteiger partial charge in [0.1, 0.15) is 18.7 Å². The summed E-state index contributed by atoms with van der Waals surface area (Å²) in [6.07, 6.45) is 6.15. The van der Waals surface area contributed by atoms with E-state index in [1.54, 1.807) is 19.4 Å². The molecule has 0 radical (unpaired) electrons. The van der Waals surface area contributed by atoms with Gasteiger partial charge in [-0.25, -0.2) is 14.6 Å². The molecule has 0 spiro atoms. The van der Waals surface area contributed by atoms with Gasteiger partial charge in [0.25, 0.3) is 0 Å². The van der Waals surface area contributed by atoms with Crippen LogP contribution in [0.3, 0.4) is 0 Å². The van der Waals surface area contributed by atoms with E-state index in [0.717, 1.165) is 5.69 Å². The van der Waals surface area contributed by atoms with Crippen LogP contribution in [0.1, 0.15) is 18.7 Å². The molecule has 2 aromatic heterocycles. The van der Waals surface area contributed by atoms with Crippen LogP contribution in [0.25, 0.3) is 0 Å². The highest BCUT2D eigenvalue weighted by molar-refractivity contribution is 5.79. The lowest BCUT2D eigenvalue weighted by Crippen LogP contribution is -2.30. The molecule has 2 heterocycles. The normalized spacial score (nSPS) is 12.3. The van der Waals surface area contributed by atoms with Crippen LogP contribution < -0.4 is 5.32 Å². The highest BCUT2D eigenvalue weighted by Crippen LogP contribution is 2.02. The van der Waals surface area contributed by atoms with E-state index < -0.39 is 0 Å². The SMILES string of the molecule is CC(C(=O)NCc1cnc[nH]1)n1cncn1. The predicted molar refractivity (Wildman–Crippen MR) is 55.2 cm³/mol. The molecule has 1 amide bonds. The Morgan fingerprint density at radius 2 is 2.50 bits per heavy atom. The molecule has 2 N–H and O–H groups in total. The van der Waals surface area contributed by atoms with E-state index >= 15 is 0 Å². The molecule has 0 saturated carbocycles. The van der Waals surface area contributed by atoms with E-state index in [2.05, 4.69) is 25.4 Å². The quantitative estimate of drug-likeness (QED) is 0.751. The van der Waals surface area contributed by atoms with Gasteiger partial charge >= 0.3 is 0 Å². The van der Waals surface area contributed by atoms with E-state index in [1.807, 2.05) is 0 Å². The van der Waals surface area contributed by atoms with Crippen molar-refractivity contribution >= 4 is 5.91 Å². The zero-order chi connectivity index (χ0) is 11.4. The van der Waals surface area contributed by atoms with Crippen LogP contribution >= 0.6 is 0 Å². The molecule has 84 valence electrons. The Labute approximate surface area is 91.9 Å². The van der Waals surface area contributed by atoms with Gasteiger partial charge in [-0.3, -0.25) is 4.79 Å². The van der Waals surface area contributed by atoms with E-state index in [0.29, 0.717) is 6.54 Å². The molecule has 0 aliphatic rings.